The van der Waals surface area contributed by atoms with Gasteiger partial charge in [0.2, 0.25) is 0 Å². The Balaban J connectivity index is 1.88. The Morgan fingerprint density at radius 2 is 2.19 bits per heavy atom. The monoisotopic (exact) mass is 235 g/mol. The fourth-order valence-electron chi connectivity index (χ4n) is 1.55. The van der Waals surface area contributed by atoms with Gasteiger partial charge in [0.15, 0.2) is 0 Å². The molecule has 4 nitrogen and oxygen atoms in total. The average molecular weight is 235 g/mol. The van der Waals surface area contributed by atoms with E-state index in [2.05, 4.69) is 22.3 Å². The summed E-state index contributed by atoms with van der Waals surface area (Å²) in [6.07, 6.45) is 2.65. The van der Waals surface area contributed by atoms with Crippen LogP contribution in [-0.2, 0) is 0 Å². The molecule has 0 spiro atoms. The molecule has 2 aromatic rings. The van der Waals surface area contributed by atoms with Crippen molar-refractivity contribution in [1.82, 2.24) is 10.1 Å². The molecule has 5 heteroatoms. The first-order chi connectivity index (χ1) is 7.74. The molecule has 3 rings (SSSR count). The maximum absolute atomic E-state index is 5.23. The van der Waals surface area contributed by atoms with E-state index in [-0.39, 0.29) is 0 Å². The van der Waals surface area contributed by atoms with Gasteiger partial charge in [0.1, 0.15) is 0 Å². The Bertz CT molecular complexity index is 461. The summed E-state index contributed by atoms with van der Waals surface area (Å²) in [5.41, 5.74) is 0. The minimum Gasteiger partial charge on any atom is -0.344 e. The third-order valence-electron chi connectivity index (χ3n) is 2.63. The number of aromatic nitrogens is 2. The second-order valence-corrected chi connectivity index (χ2v) is 5.39. The Kier molecular flexibility index (Phi) is 2.21. The van der Waals surface area contributed by atoms with Crippen LogP contribution in [0.4, 0.5) is 5.95 Å². The molecule has 84 valence electrons. The fraction of sp³-hybridized carbons (Fsp3) is 0.455. The molecule has 1 saturated carbocycles. The van der Waals surface area contributed by atoms with Gasteiger partial charge in [-0.1, -0.05) is 0 Å². The summed E-state index contributed by atoms with van der Waals surface area (Å²) in [5.74, 6) is 2.03. The zero-order valence-corrected chi connectivity index (χ0v) is 10.1. The Hall–Kier alpha value is -1.36. The van der Waals surface area contributed by atoms with Gasteiger partial charge in [-0.05, 0) is 36.0 Å². The number of hydrogen-bond donors (Lipinski definition) is 0. The van der Waals surface area contributed by atoms with Crippen LogP contribution in [0.2, 0.25) is 0 Å². The quantitative estimate of drug-likeness (QED) is 0.820. The Morgan fingerprint density at radius 3 is 2.81 bits per heavy atom. The zero-order chi connectivity index (χ0) is 11.1. The van der Waals surface area contributed by atoms with Gasteiger partial charge in [-0.15, -0.1) is 11.3 Å². The molecular formula is C11H13N3OS. The molecule has 0 saturated heterocycles. The van der Waals surface area contributed by atoms with E-state index in [1.807, 2.05) is 19.0 Å². The van der Waals surface area contributed by atoms with Crippen molar-refractivity contribution in [3.63, 3.8) is 0 Å². The van der Waals surface area contributed by atoms with Crippen molar-refractivity contribution in [1.29, 1.82) is 0 Å². The van der Waals surface area contributed by atoms with E-state index >= 15 is 0 Å². The van der Waals surface area contributed by atoms with Crippen LogP contribution in [0.15, 0.2) is 16.7 Å². The number of rotatable bonds is 3. The summed E-state index contributed by atoms with van der Waals surface area (Å²) in [6.45, 7) is 0. The van der Waals surface area contributed by atoms with Crippen LogP contribution in [0.5, 0.6) is 0 Å². The van der Waals surface area contributed by atoms with Crippen molar-refractivity contribution in [3.8, 4) is 10.8 Å². The maximum Gasteiger partial charge on any atom is 0.269 e. The minimum absolute atomic E-state index is 0.622. The number of thiophene rings is 1. The maximum atomic E-state index is 5.23. The van der Waals surface area contributed by atoms with Crippen LogP contribution < -0.4 is 4.90 Å². The van der Waals surface area contributed by atoms with Crippen molar-refractivity contribution in [2.45, 2.75) is 18.8 Å². The SMILES string of the molecule is CN(C)c1noc(-c2ccc(C3CC3)s2)n1. The molecule has 1 fully saturated rings. The van der Waals surface area contributed by atoms with Gasteiger partial charge in [-0.25, -0.2) is 0 Å². The molecule has 1 aliphatic rings. The van der Waals surface area contributed by atoms with Gasteiger partial charge in [0.25, 0.3) is 11.8 Å². The van der Waals surface area contributed by atoms with Crippen molar-refractivity contribution in [3.05, 3.63) is 17.0 Å². The molecule has 0 atom stereocenters. The lowest BCUT2D eigenvalue weighted by Gasteiger charge is -2.02. The minimum atomic E-state index is 0.622. The molecular weight excluding hydrogens is 222 g/mol. The molecule has 0 radical (unpaired) electrons. The highest BCUT2D eigenvalue weighted by Crippen LogP contribution is 2.44. The van der Waals surface area contributed by atoms with Gasteiger partial charge < -0.3 is 9.42 Å². The standard InChI is InChI=1S/C11H13N3OS/c1-14(2)11-12-10(15-13-11)9-6-5-8(16-9)7-3-4-7/h5-7H,3-4H2,1-2H3. The molecule has 1 aliphatic carbocycles. The van der Waals surface area contributed by atoms with Gasteiger partial charge in [0.05, 0.1) is 4.88 Å². The first-order valence-corrected chi connectivity index (χ1v) is 6.17. The molecule has 0 unspecified atom stereocenters. The van der Waals surface area contributed by atoms with Crippen LogP contribution in [0, 0.1) is 0 Å². The predicted octanol–water partition coefficient (Wildman–Crippen LogP) is 2.74. The third kappa shape index (κ3) is 1.71. The van der Waals surface area contributed by atoms with Crippen LogP contribution >= 0.6 is 11.3 Å². The molecule has 2 aromatic heterocycles. The summed E-state index contributed by atoms with van der Waals surface area (Å²) in [6, 6.07) is 4.25. The molecule has 0 aromatic carbocycles. The third-order valence-corrected chi connectivity index (χ3v) is 3.87. The highest BCUT2D eigenvalue weighted by Gasteiger charge is 2.25. The van der Waals surface area contributed by atoms with Gasteiger partial charge in [-0.3, -0.25) is 0 Å². The smallest absolute Gasteiger partial charge is 0.269 e. The molecule has 2 heterocycles. The molecule has 0 N–H and O–H groups in total. The number of nitrogens with zero attached hydrogens (tertiary/aromatic N) is 3. The topological polar surface area (TPSA) is 42.2 Å². The second kappa shape index (κ2) is 3.59. The van der Waals surface area contributed by atoms with E-state index in [0.29, 0.717) is 11.8 Å². The largest absolute Gasteiger partial charge is 0.344 e. The lowest BCUT2D eigenvalue weighted by atomic mass is 10.3. The van der Waals surface area contributed by atoms with Crippen molar-refractivity contribution >= 4 is 17.3 Å². The van der Waals surface area contributed by atoms with Crippen molar-refractivity contribution in [2.24, 2.45) is 0 Å². The van der Waals surface area contributed by atoms with Gasteiger partial charge in [0, 0.05) is 19.0 Å². The average Bonchev–Trinajstić information content (AvgIpc) is 2.83. The van der Waals surface area contributed by atoms with E-state index in [1.165, 1.54) is 17.7 Å². The normalized spacial score (nSPS) is 15.4. The first kappa shape index (κ1) is 9.84. The predicted molar refractivity (Wildman–Crippen MR) is 63.9 cm³/mol. The summed E-state index contributed by atoms with van der Waals surface area (Å²) in [4.78, 5) is 8.68. The molecule has 0 bridgehead atoms. The zero-order valence-electron chi connectivity index (χ0n) is 9.30. The fourth-order valence-corrected chi connectivity index (χ4v) is 2.65. The summed E-state index contributed by atoms with van der Waals surface area (Å²) in [7, 11) is 3.80. The summed E-state index contributed by atoms with van der Waals surface area (Å²) in [5, 5.41) is 3.91. The van der Waals surface area contributed by atoms with Gasteiger partial charge >= 0.3 is 0 Å². The summed E-state index contributed by atoms with van der Waals surface area (Å²) < 4.78 is 5.23. The van der Waals surface area contributed by atoms with E-state index in [4.69, 9.17) is 4.52 Å². The molecule has 0 aliphatic heterocycles. The van der Waals surface area contributed by atoms with Gasteiger partial charge in [-0.2, -0.15) is 4.98 Å². The van der Waals surface area contributed by atoms with Crippen LogP contribution in [-0.4, -0.2) is 24.2 Å². The number of anilines is 1. The first-order valence-electron chi connectivity index (χ1n) is 5.35. The Morgan fingerprint density at radius 1 is 1.38 bits per heavy atom. The lowest BCUT2D eigenvalue weighted by Crippen LogP contribution is -2.09. The van der Waals surface area contributed by atoms with Crippen LogP contribution in [0.1, 0.15) is 23.6 Å². The van der Waals surface area contributed by atoms with E-state index in [1.54, 1.807) is 11.3 Å². The van der Waals surface area contributed by atoms with Crippen LogP contribution in [0.25, 0.3) is 10.8 Å². The van der Waals surface area contributed by atoms with E-state index in [9.17, 15) is 0 Å². The Labute approximate surface area is 97.9 Å². The van der Waals surface area contributed by atoms with E-state index in [0.717, 1.165) is 10.8 Å². The van der Waals surface area contributed by atoms with Crippen molar-refractivity contribution < 1.29 is 4.52 Å². The second-order valence-electron chi connectivity index (χ2n) is 4.27. The van der Waals surface area contributed by atoms with Crippen molar-refractivity contribution in [2.75, 3.05) is 19.0 Å². The lowest BCUT2D eigenvalue weighted by molar-refractivity contribution is 0.431. The molecule has 0 amide bonds. The molecule has 16 heavy (non-hydrogen) atoms. The summed E-state index contributed by atoms with van der Waals surface area (Å²) >= 11 is 1.77. The number of hydrogen-bond acceptors (Lipinski definition) is 5. The highest BCUT2D eigenvalue weighted by atomic mass is 32.1. The van der Waals surface area contributed by atoms with Crippen LogP contribution in [0.3, 0.4) is 0 Å². The highest BCUT2D eigenvalue weighted by molar-refractivity contribution is 7.15. The van der Waals surface area contributed by atoms with E-state index < -0.39 is 0 Å².